The van der Waals surface area contributed by atoms with E-state index in [1.165, 1.54) is 0 Å². The molecule has 3 nitrogen and oxygen atoms in total. The first-order valence-corrected chi connectivity index (χ1v) is 4.38. The van der Waals surface area contributed by atoms with Crippen LogP contribution in [0, 0.1) is 3.57 Å². The zero-order valence-corrected chi connectivity index (χ0v) is 8.24. The molecule has 2 aromatic rings. The van der Waals surface area contributed by atoms with Crippen molar-refractivity contribution in [2.75, 3.05) is 0 Å². The van der Waals surface area contributed by atoms with Crippen molar-refractivity contribution >= 4 is 39.7 Å². The number of nitrogens with zero attached hydrogens (tertiary/aromatic N) is 3. The molecule has 0 spiro atoms. The van der Waals surface area contributed by atoms with Crippen LogP contribution in [0.2, 0.25) is 5.15 Å². The first-order chi connectivity index (χ1) is 5.29. The average Bonchev–Trinajstić information content (AvgIpc) is 2.34. The summed E-state index contributed by atoms with van der Waals surface area (Å²) in [5, 5.41) is 4.56. The summed E-state index contributed by atoms with van der Waals surface area (Å²) >= 11 is 8.00. The van der Waals surface area contributed by atoms with Crippen LogP contribution in [-0.4, -0.2) is 14.6 Å². The van der Waals surface area contributed by atoms with E-state index in [1.807, 2.05) is 0 Å². The minimum atomic E-state index is 0.495. The first kappa shape index (κ1) is 7.30. The maximum absolute atomic E-state index is 5.83. The molecule has 0 bridgehead atoms. The van der Waals surface area contributed by atoms with Gasteiger partial charge in [0.25, 0.3) is 0 Å². The summed E-state index contributed by atoms with van der Waals surface area (Å²) in [7, 11) is 0. The Hall–Kier alpha value is -0.360. The predicted octanol–water partition coefficient (Wildman–Crippen LogP) is 1.99. The Morgan fingerprint density at radius 2 is 2.36 bits per heavy atom. The smallest absolute Gasteiger partial charge is 0.155 e. The number of halogens is 2. The van der Waals surface area contributed by atoms with Crippen molar-refractivity contribution in [3.63, 3.8) is 0 Å². The van der Waals surface area contributed by atoms with Gasteiger partial charge in [-0.15, -0.1) is 0 Å². The monoisotopic (exact) mass is 279 g/mol. The molecule has 11 heavy (non-hydrogen) atoms. The Morgan fingerprint density at radius 1 is 1.55 bits per heavy atom. The van der Waals surface area contributed by atoms with E-state index in [9.17, 15) is 0 Å². The van der Waals surface area contributed by atoms with Gasteiger partial charge < -0.3 is 0 Å². The van der Waals surface area contributed by atoms with Crippen LogP contribution in [0.25, 0.3) is 5.52 Å². The van der Waals surface area contributed by atoms with Crippen molar-refractivity contribution in [1.29, 1.82) is 0 Å². The zero-order chi connectivity index (χ0) is 7.84. The van der Waals surface area contributed by atoms with Crippen LogP contribution < -0.4 is 0 Å². The fourth-order valence-corrected chi connectivity index (χ4v) is 1.90. The molecule has 0 unspecified atom stereocenters. The highest BCUT2D eigenvalue weighted by Crippen LogP contribution is 2.19. The number of aromatic nitrogens is 3. The molecular weight excluding hydrogens is 276 g/mol. The highest BCUT2D eigenvalue weighted by Gasteiger charge is 2.04. The van der Waals surface area contributed by atoms with E-state index < -0.39 is 0 Å². The third-order valence-corrected chi connectivity index (χ3v) is 2.41. The van der Waals surface area contributed by atoms with Crippen LogP contribution in [-0.2, 0) is 0 Å². The fraction of sp³-hybridized carbons (Fsp3) is 0. The molecule has 0 aliphatic rings. The highest BCUT2D eigenvalue weighted by molar-refractivity contribution is 14.1. The van der Waals surface area contributed by atoms with E-state index in [0.717, 1.165) is 9.09 Å². The van der Waals surface area contributed by atoms with Crippen molar-refractivity contribution in [3.8, 4) is 0 Å². The van der Waals surface area contributed by atoms with Crippen molar-refractivity contribution in [1.82, 2.24) is 14.6 Å². The number of rotatable bonds is 0. The molecule has 0 atom stereocenters. The first-order valence-electron chi connectivity index (χ1n) is 2.92. The van der Waals surface area contributed by atoms with Gasteiger partial charge in [0.2, 0.25) is 0 Å². The molecule has 0 aromatic carbocycles. The van der Waals surface area contributed by atoms with Gasteiger partial charge in [-0.25, -0.2) is 9.50 Å². The van der Waals surface area contributed by atoms with Gasteiger partial charge in [-0.3, -0.25) is 0 Å². The lowest BCUT2D eigenvalue weighted by Gasteiger charge is -1.93. The van der Waals surface area contributed by atoms with Crippen LogP contribution in [0.15, 0.2) is 18.6 Å². The van der Waals surface area contributed by atoms with Crippen molar-refractivity contribution in [2.24, 2.45) is 0 Å². The second kappa shape index (κ2) is 2.60. The maximum Gasteiger partial charge on any atom is 0.155 e. The number of fused-ring (bicyclic) bond motifs is 1. The van der Waals surface area contributed by atoms with E-state index in [0.29, 0.717) is 5.15 Å². The van der Waals surface area contributed by atoms with Gasteiger partial charge in [-0.2, -0.15) is 5.10 Å². The van der Waals surface area contributed by atoms with E-state index >= 15 is 0 Å². The van der Waals surface area contributed by atoms with Crippen molar-refractivity contribution in [2.45, 2.75) is 0 Å². The molecule has 0 radical (unpaired) electrons. The summed E-state index contributed by atoms with van der Waals surface area (Å²) in [4.78, 5) is 3.94. The van der Waals surface area contributed by atoms with Crippen LogP contribution in [0.4, 0.5) is 0 Å². The zero-order valence-electron chi connectivity index (χ0n) is 5.33. The van der Waals surface area contributed by atoms with Gasteiger partial charge in [0, 0.05) is 12.4 Å². The Balaban J connectivity index is 2.96. The maximum atomic E-state index is 5.83. The molecule has 0 fully saturated rings. The molecule has 2 rings (SSSR count). The molecule has 0 amide bonds. The third kappa shape index (κ3) is 1.10. The van der Waals surface area contributed by atoms with E-state index in [2.05, 4.69) is 32.7 Å². The van der Waals surface area contributed by atoms with Crippen molar-refractivity contribution in [3.05, 3.63) is 27.3 Å². The summed E-state index contributed by atoms with van der Waals surface area (Å²) in [6.07, 6.45) is 5.14. The molecule has 2 aromatic heterocycles. The van der Waals surface area contributed by atoms with Gasteiger partial charge >= 0.3 is 0 Å². The van der Waals surface area contributed by atoms with Crippen molar-refractivity contribution < 1.29 is 0 Å². The van der Waals surface area contributed by atoms with E-state index in [-0.39, 0.29) is 0 Å². The standard InChI is InChI=1S/C6H3ClIN3/c7-6-5-4(8)3-10-11(5)2-1-9-6/h1-3H. The van der Waals surface area contributed by atoms with Gasteiger partial charge in [0.1, 0.15) is 5.52 Å². The number of hydrogen-bond donors (Lipinski definition) is 0. The summed E-state index contributed by atoms with van der Waals surface area (Å²) in [5.41, 5.74) is 0.870. The summed E-state index contributed by atoms with van der Waals surface area (Å²) in [5.74, 6) is 0. The quantitative estimate of drug-likeness (QED) is 0.690. The Labute approximate surface area is 81.5 Å². The molecule has 2 heterocycles. The molecular formula is C6H3ClIN3. The van der Waals surface area contributed by atoms with Gasteiger partial charge in [0.05, 0.1) is 9.77 Å². The van der Waals surface area contributed by atoms with Crippen LogP contribution >= 0.6 is 34.2 Å². The normalized spacial score (nSPS) is 10.7. The Kier molecular flexibility index (Phi) is 1.72. The molecule has 0 saturated heterocycles. The third-order valence-electron chi connectivity index (χ3n) is 1.34. The van der Waals surface area contributed by atoms with Crippen LogP contribution in [0.3, 0.4) is 0 Å². The summed E-state index contributed by atoms with van der Waals surface area (Å²) < 4.78 is 2.72. The van der Waals surface area contributed by atoms with Crippen LogP contribution in [0.1, 0.15) is 0 Å². The molecule has 0 N–H and O–H groups in total. The van der Waals surface area contributed by atoms with Crippen LogP contribution in [0.5, 0.6) is 0 Å². The lowest BCUT2D eigenvalue weighted by atomic mass is 10.5. The van der Waals surface area contributed by atoms with E-state index in [1.54, 1.807) is 23.1 Å². The highest BCUT2D eigenvalue weighted by atomic mass is 127. The lowest BCUT2D eigenvalue weighted by molar-refractivity contribution is 0.946. The summed E-state index contributed by atoms with van der Waals surface area (Å²) in [6.45, 7) is 0. The van der Waals surface area contributed by atoms with E-state index in [4.69, 9.17) is 11.6 Å². The SMILES string of the molecule is Clc1nccn2ncc(I)c12. The minimum absolute atomic E-state index is 0.495. The van der Waals surface area contributed by atoms with Gasteiger partial charge in [0.15, 0.2) is 5.15 Å². The number of hydrogen-bond acceptors (Lipinski definition) is 2. The lowest BCUT2D eigenvalue weighted by Crippen LogP contribution is -1.87. The van der Waals surface area contributed by atoms with Gasteiger partial charge in [-0.05, 0) is 22.6 Å². The Bertz CT molecular complexity index is 398. The van der Waals surface area contributed by atoms with Gasteiger partial charge in [-0.1, -0.05) is 11.6 Å². The second-order valence-electron chi connectivity index (χ2n) is 2.00. The summed E-state index contributed by atoms with van der Waals surface area (Å²) in [6, 6.07) is 0. The molecule has 5 heteroatoms. The Morgan fingerprint density at radius 3 is 3.09 bits per heavy atom. The second-order valence-corrected chi connectivity index (χ2v) is 3.52. The minimum Gasteiger partial charge on any atom is -0.241 e. The average molecular weight is 279 g/mol. The fourth-order valence-electron chi connectivity index (χ4n) is 0.870. The molecule has 0 aliphatic heterocycles. The molecule has 0 aliphatic carbocycles. The predicted molar refractivity (Wildman–Crippen MR) is 50.7 cm³/mol. The molecule has 0 saturated carbocycles. The topological polar surface area (TPSA) is 30.2 Å². The molecule has 56 valence electrons. The largest absolute Gasteiger partial charge is 0.241 e.